The quantitative estimate of drug-likeness (QED) is 0.862. The number of aromatic nitrogens is 2. The third-order valence-corrected chi connectivity index (χ3v) is 2.25. The van der Waals surface area contributed by atoms with Crippen molar-refractivity contribution in [3.8, 4) is 0 Å². The van der Waals surface area contributed by atoms with Crippen LogP contribution in [0.15, 0.2) is 30.5 Å². The van der Waals surface area contributed by atoms with Crippen molar-refractivity contribution >= 4 is 17.6 Å². The van der Waals surface area contributed by atoms with E-state index in [0.717, 1.165) is 6.07 Å². The minimum absolute atomic E-state index is 0.0109. The van der Waals surface area contributed by atoms with Crippen LogP contribution in [0.25, 0.3) is 0 Å². The number of methoxy groups -OCH3 is 1. The van der Waals surface area contributed by atoms with Gasteiger partial charge >= 0.3 is 5.97 Å². The van der Waals surface area contributed by atoms with Crippen molar-refractivity contribution in [3.05, 3.63) is 47.8 Å². The van der Waals surface area contributed by atoms with Gasteiger partial charge in [-0.2, -0.15) is 0 Å². The maximum Gasteiger partial charge on any atom is 0.356 e. The summed E-state index contributed by atoms with van der Waals surface area (Å²) in [6.45, 7) is 0. The van der Waals surface area contributed by atoms with E-state index < -0.39 is 17.6 Å². The predicted molar refractivity (Wildman–Crippen MR) is 63.0 cm³/mol. The van der Waals surface area contributed by atoms with E-state index in [1.807, 2.05) is 0 Å². The third kappa shape index (κ3) is 2.82. The number of ether oxygens (including phenoxy) is 1. The van der Waals surface area contributed by atoms with E-state index >= 15 is 0 Å². The molecule has 0 radical (unpaired) electrons. The first-order valence-corrected chi connectivity index (χ1v) is 5.24. The second-order valence-electron chi connectivity index (χ2n) is 3.48. The number of esters is 1. The zero-order chi connectivity index (χ0) is 13.8. The summed E-state index contributed by atoms with van der Waals surface area (Å²) in [6.07, 6.45) is 1.30. The van der Waals surface area contributed by atoms with Gasteiger partial charge in [0, 0.05) is 6.20 Å². The Morgan fingerprint density at radius 1 is 1.32 bits per heavy atom. The van der Waals surface area contributed by atoms with Crippen molar-refractivity contribution in [3.63, 3.8) is 0 Å². The summed E-state index contributed by atoms with van der Waals surface area (Å²) in [7, 11) is 1.21. The Bertz CT molecular complexity index is 620. The molecule has 1 heterocycles. The maximum atomic E-state index is 13.4. The topological polar surface area (TPSA) is 64.1 Å². The number of hydrogen-bond donors (Lipinski definition) is 1. The first-order valence-electron chi connectivity index (χ1n) is 5.24. The molecule has 0 aliphatic rings. The van der Waals surface area contributed by atoms with Crippen LogP contribution in [0.4, 0.5) is 20.4 Å². The van der Waals surface area contributed by atoms with E-state index in [1.54, 1.807) is 0 Å². The number of nitrogens with one attached hydrogen (secondary N) is 1. The highest BCUT2D eigenvalue weighted by Crippen LogP contribution is 2.19. The van der Waals surface area contributed by atoms with Crippen LogP contribution in [0.3, 0.4) is 0 Å². The van der Waals surface area contributed by atoms with Crippen LogP contribution in [0.2, 0.25) is 0 Å². The molecule has 7 heteroatoms. The number of hydrogen-bond acceptors (Lipinski definition) is 5. The van der Waals surface area contributed by atoms with Gasteiger partial charge in [-0.15, -0.1) is 0 Å². The average Bonchev–Trinajstić information content (AvgIpc) is 2.43. The number of carbonyl (C=O) groups is 1. The number of benzene rings is 1. The fourth-order valence-electron chi connectivity index (χ4n) is 1.36. The van der Waals surface area contributed by atoms with Gasteiger partial charge in [0.2, 0.25) is 5.95 Å². The van der Waals surface area contributed by atoms with Crippen molar-refractivity contribution in [2.45, 2.75) is 0 Å². The van der Waals surface area contributed by atoms with Crippen molar-refractivity contribution in [1.29, 1.82) is 0 Å². The van der Waals surface area contributed by atoms with Gasteiger partial charge in [-0.1, -0.05) is 6.07 Å². The van der Waals surface area contributed by atoms with Gasteiger partial charge in [0.1, 0.15) is 0 Å². The van der Waals surface area contributed by atoms with Gasteiger partial charge in [-0.3, -0.25) is 0 Å². The van der Waals surface area contributed by atoms with E-state index in [9.17, 15) is 13.6 Å². The highest BCUT2D eigenvalue weighted by molar-refractivity contribution is 5.87. The van der Waals surface area contributed by atoms with E-state index in [-0.39, 0.29) is 17.3 Å². The normalized spacial score (nSPS) is 10.1. The Balaban J connectivity index is 2.28. The molecular formula is C12H9F2N3O2. The van der Waals surface area contributed by atoms with Gasteiger partial charge in [0.25, 0.3) is 0 Å². The number of halogens is 2. The minimum Gasteiger partial charge on any atom is -0.464 e. The molecular weight excluding hydrogens is 256 g/mol. The number of carbonyl (C=O) groups excluding carboxylic acids is 1. The highest BCUT2D eigenvalue weighted by Gasteiger charge is 2.11. The molecule has 98 valence electrons. The van der Waals surface area contributed by atoms with Crippen LogP contribution >= 0.6 is 0 Å². The van der Waals surface area contributed by atoms with Gasteiger partial charge in [0.15, 0.2) is 17.3 Å². The molecule has 19 heavy (non-hydrogen) atoms. The third-order valence-electron chi connectivity index (χ3n) is 2.25. The molecule has 0 atom stereocenters. The van der Waals surface area contributed by atoms with Crippen molar-refractivity contribution < 1.29 is 18.3 Å². The van der Waals surface area contributed by atoms with E-state index in [0.29, 0.717) is 0 Å². The van der Waals surface area contributed by atoms with Crippen LogP contribution in [-0.4, -0.2) is 23.0 Å². The number of anilines is 2. The highest BCUT2D eigenvalue weighted by atomic mass is 19.2. The fraction of sp³-hybridized carbons (Fsp3) is 0.0833. The van der Waals surface area contributed by atoms with Crippen molar-refractivity contribution in [2.24, 2.45) is 0 Å². The summed E-state index contributed by atoms with van der Waals surface area (Å²) in [5.41, 5.74) is -0.112. The largest absolute Gasteiger partial charge is 0.464 e. The van der Waals surface area contributed by atoms with Crippen molar-refractivity contribution in [2.75, 3.05) is 12.4 Å². The molecule has 0 unspecified atom stereocenters. The van der Waals surface area contributed by atoms with Gasteiger partial charge in [-0.05, 0) is 18.2 Å². The SMILES string of the molecule is COC(=O)c1ccnc(Nc2cccc(F)c2F)n1. The summed E-state index contributed by atoms with van der Waals surface area (Å²) in [6, 6.07) is 5.00. The first kappa shape index (κ1) is 12.9. The zero-order valence-electron chi connectivity index (χ0n) is 9.85. The van der Waals surface area contributed by atoms with E-state index in [1.165, 1.54) is 31.5 Å². The molecule has 1 aromatic carbocycles. The standard InChI is InChI=1S/C12H9F2N3O2/c1-19-11(18)9-5-6-15-12(17-9)16-8-4-2-3-7(13)10(8)14/h2-6H,1H3,(H,15,16,17). The van der Waals surface area contributed by atoms with E-state index in [2.05, 4.69) is 20.0 Å². The molecule has 0 fully saturated rings. The average molecular weight is 265 g/mol. The second-order valence-corrected chi connectivity index (χ2v) is 3.48. The molecule has 0 saturated carbocycles. The molecule has 1 aromatic heterocycles. The first-order chi connectivity index (χ1) is 9.11. The lowest BCUT2D eigenvalue weighted by molar-refractivity contribution is 0.0594. The summed E-state index contributed by atoms with van der Waals surface area (Å²) >= 11 is 0. The molecule has 1 N–H and O–H groups in total. The predicted octanol–water partition coefficient (Wildman–Crippen LogP) is 2.29. The number of rotatable bonds is 3. The summed E-state index contributed by atoms with van der Waals surface area (Å²) in [5.74, 6) is -2.72. The molecule has 0 spiro atoms. The van der Waals surface area contributed by atoms with Crippen LogP contribution in [0.5, 0.6) is 0 Å². The number of nitrogens with zero attached hydrogens (tertiary/aromatic N) is 2. The van der Waals surface area contributed by atoms with Crippen LogP contribution in [0.1, 0.15) is 10.5 Å². The van der Waals surface area contributed by atoms with Crippen LogP contribution in [0, 0.1) is 11.6 Å². The molecule has 5 nitrogen and oxygen atoms in total. The molecule has 0 saturated heterocycles. The van der Waals surface area contributed by atoms with Gasteiger partial charge in [0.05, 0.1) is 12.8 Å². The lowest BCUT2D eigenvalue weighted by atomic mass is 10.3. The Hall–Kier alpha value is -2.57. The van der Waals surface area contributed by atoms with Gasteiger partial charge < -0.3 is 10.1 Å². The second kappa shape index (κ2) is 5.38. The van der Waals surface area contributed by atoms with Crippen LogP contribution < -0.4 is 5.32 Å². The molecule has 2 rings (SSSR count). The monoisotopic (exact) mass is 265 g/mol. The Morgan fingerprint density at radius 3 is 2.84 bits per heavy atom. The molecule has 2 aromatic rings. The summed E-state index contributed by atoms with van der Waals surface area (Å²) in [4.78, 5) is 18.9. The molecule has 0 aliphatic carbocycles. The lowest BCUT2D eigenvalue weighted by Crippen LogP contribution is -2.07. The summed E-state index contributed by atoms with van der Waals surface area (Å²) in [5, 5.41) is 2.49. The Morgan fingerprint density at radius 2 is 2.11 bits per heavy atom. The van der Waals surface area contributed by atoms with Gasteiger partial charge in [-0.25, -0.2) is 23.5 Å². The van der Waals surface area contributed by atoms with Crippen molar-refractivity contribution in [1.82, 2.24) is 9.97 Å². The van der Waals surface area contributed by atoms with Crippen LogP contribution in [-0.2, 0) is 4.74 Å². The maximum absolute atomic E-state index is 13.4. The Kier molecular flexibility index (Phi) is 3.65. The zero-order valence-corrected chi connectivity index (χ0v) is 9.85. The fourth-order valence-corrected chi connectivity index (χ4v) is 1.36. The molecule has 0 bridgehead atoms. The molecule has 0 aliphatic heterocycles. The minimum atomic E-state index is -1.05. The summed E-state index contributed by atoms with van der Waals surface area (Å²) < 4.78 is 30.9. The van der Waals surface area contributed by atoms with E-state index in [4.69, 9.17) is 0 Å². The Labute approximate surface area is 107 Å². The molecule has 0 amide bonds. The lowest BCUT2D eigenvalue weighted by Gasteiger charge is -2.06. The smallest absolute Gasteiger partial charge is 0.356 e.